The first-order chi connectivity index (χ1) is 32.3. The van der Waals surface area contributed by atoms with Crippen molar-refractivity contribution in [1.29, 1.82) is 0 Å². The van der Waals surface area contributed by atoms with Gasteiger partial charge in [-0.2, -0.15) is 0 Å². The summed E-state index contributed by atoms with van der Waals surface area (Å²) in [5.41, 5.74) is 32.3. The van der Waals surface area contributed by atoms with E-state index in [0.717, 1.165) is 0 Å². The van der Waals surface area contributed by atoms with Crippen molar-refractivity contribution in [2.24, 2.45) is 56.2 Å². The van der Waals surface area contributed by atoms with Gasteiger partial charge < -0.3 is 86.7 Å². The number of guanidine groups is 2. The van der Waals surface area contributed by atoms with Crippen LogP contribution in [0.4, 0.5) is 0 Å². The van der Waals surface area contributed by atoms with Crippen molar-refractivity contribution >= 4 is 71.1 Å². The third kappa shape index (κ3) is 21.8. The first-order valence-electron chi connectivity index (χ1n) is 22.7. The van der Waals surface area contributed by atoms with Gasteiger partial charge in [0.2, 0.25) is 53.2 Å². The fourth-order valence-electron chi connectivity index (χ4n) is 6.85. The molecule has 1 heterocycles. The number of carboxylic acid groups (broad SMARTS) is 1. The highest BCUT2D eigenvalue weighted by Crippen LogP contribution is 2.21. The van der Waals surface area contributed by atoms with Crippen LogP contribution in [0.1, 0.15) is 92.4 Å². The maximum absolute atomic E-state index is 13.9. The number of nitrogens with two attached hydrogens (primary N) is 6. The van der Waals surface area contributed by atoms with Crippen LogP contribution >= 0.6 is 0 Å². The third-order valence-electron chi connectivity index (χ3n) is 11.0. The fraction of sp³-hybridized carbons (Fsp3) is 0.707. The molecule has 1 aliphatic heterocycles. The van der Waals surface area contributed by atoms with Crippen LogP contribution in [-0.2, 0) is 47.9 Å². The molecule has 9 amide bonds. The van der Waals surface area contributed by atoms with Crippen LogP contribution < -0.4 is 71.6 Å². The Morgan fingerprint density at radius 1 is 0.667 bits per heavy atom. The van der Waals surface area contributed by atoms with Crippen molar-refractivity contribution in [1.82, 2.24) is 42.1 Å². The highest BCUT2D eigenvalue weighted by Gasteiger charge is 2.40. The largest absolute Gasteiger partial charge is 0.480 e. The Balaban J connectivity index is 3.14. The minimum Gasteiger partial charge on any atom is -0.480 e. The lowest BCUT2D eigenvalue weighted by molar-refractivity contribution is -0.144. The number of aliphatic hydroxyl groups is 1. The molecule has 9 atom stereocenters. The van der Waals surface area contributed by atoms with Gasteiger partial charge in [-0.05, 0) is 63.7 Å². The molecule has 0 unspecified atom stereocenters. The number of aliphatic carboxylic acids is 1. The van der Waals surface area contributed by atoms with Crippen molar-refractivity contribution < 1.29 is 58.2 Å². The summed E-state index contributed by atoms with van der Waals surface area (Å²) in [6, 6.07) is -10.2. The summed E-state index contributed by atoms with van der Waals surface area (Å²) in [5, 5.41) is 36.9. The smallest absolute Gasteiger partial charge is 0.326 e. The molecule has 1 fully saturated rings. The first kappa shape index (κ1) is 60.2. The quantitative estimate of drug-likeness (QED) is 0.0174. The number of nitrogens with zero attached hydrogens (tertiary/aromatic N) is 3. The minimum atomic E-state index is -1.57. The standard InChI is InChI=1S/C41H74N16O12/c1-6-21(4)31(56-34(63)23(10-7-15-48-40(44)45)52-33(62)24(13-14-28(43)59)51-32(61)22(5)42)37(66)50-18-29(60)55-30(20(2)3)38(67)57-17-9-12-27(57)36(65)54-26(19-58)35(64)53-25(39(68)69)11-8-16-49-41(46)47/h20-27,30-31,58H,6-19,42H2,1-5H3,(H2,43,59)(H,50,66)(H,51,61)(H,52,62)(H,53,64)(H,54,65)(H,55,60)(H,56,63)(H,68,69)(H4,44,45,48)(H4,46,47,49)/t21-,22-,23-,24-,25-,26-,27-,30-,31-/m0/s1. The zero-order valence-corrected chi connectivity index (χ0v) is 40.0. The zero-order valence-electron chi connectivity index (χ0n) is 40.0. The molecule has 28 heteroatoms. The third-order valence-corrected chi connectivity index (χ3v) is 11.0. The molecule has 1 aliphatic rings. The van der Waals surface area contributed by atoms with E-state index in [1.54, 1.807) is 27.7 Å². The van der Waals surface area contributed by atoms with Crippen LogP contribution in [-0.4, -0.2) is 167 Å². The molecule has 0 aliphatic carbocycles. The number of carboxylic acids is 1. The van der Waals surface area contributed by atoms with Gasteiger partial charge in [0.25, 0.3) is 0 Å². The van der Waals surface area contributed by atoms with E-state index < -0.39 is 132 Å². The van der Waals surface area contributed by atoms with Gasteiger partial charge in [0.05, 0.1) is 19.2 Å². The predicted molar refractivity (Wildman–Crippen MR) is 250 cm³/mol. The van der Waals surface area contributed by atoms with E-state index >= 15 is 0 Å². The van der Waals surface area contributed by atoms with Crippen molar-refractivity contribution in [3.8, 4) is 0 Å². The number of carbonyl (C=O) groups is 10. The molecule has 0 aromatic rings. The molecule has 0 bridgehead atoms. The molecule has 1 saturated heterocycles. The lowest BCUT2D eigenvalue weighted by atomic mass is 9.97. The Morgan fingerprint density at radius 2 is 1.19 bits per heavy atom. The number of hydrogen-bond donors (Lipinski definition) is 15. The minimum absolute atomic E-state index is 0.0479. The summed E-state index contributed by atoms with van der Waals surface area (Å²) in [5.74, 6) is -9.98. The Hall–Kier alpha value is -6.84. The zero-order chi connectivity index (χ0) is 52.5. The van der Waals surface area contributed by atoms with Gasteiger partial charge >= 0.3 is 5.97 Å². The number of aliphatic hydroxyl groups excluding tert-OH is 1. The van der Waals surface area contributed by atoms with Crippen molar-refractivity contribution in [3.05, 3.63) is 0 Å². The van der Waals surface area contributed by atoms with E-state index in [0.29, 0.717) is 12.8 Å². The summed E-state index contributed by atoms with van der Waals surface area (Å²) < 4.78 is 0. The molecule has 21 N–H and O–H groups in total. The maximum Gasteiger partial charge on any atom is 0.326 e. The molecular weight excluding hydrogens is 909 g/mol. The number of carbonyl (C=O) groups excluding carboxylic acids is 9. The second kappa shape index (κ2) is 30.5. The molecule has 0 aromatic carbocycles. The van der Waals surface area contributed by atoms with E-state index in [2.05, 4.69) is 47.2 Å². The van der Waals surface area contributed by atoms with E-state index in [-0.39, 0.29) is 76.5 Å². The van der Waals surface area contributed by atoms with E-state index in [4.69, 9.17) is 34.4 Å². The summed E-state index contributed by atoms with van der Waals surface area (Å²) in [6.45, 7) is 6.79. The number of amides is 9. The Morgan fingerprint density at radius 3 is 1.70 bits per heavy atom. The number of aliphatic imine (C=N–C) groups is 2. The lowest BCUT2D eigenvalue weighted by Gasteiger charge is -2.31. The summed E-state index contributed by atoms with van der Waals surface area (Å²) in [7, 11) is 0. The number of primary amides is 1. The summed E-state index contributed by atoms with van der Waals surface area (Å²) in [4.78, 5) is 139. The van der Waals surface area contributed by atoms with Crippen molar-refractivity contribution in [2.75, 3.05) is 32.8 Å². The van der Waals surface area contributed by atoms with Crippen LogP contribution in [0, 0.1) is 11.8 Å². The van der Waals surface area contributed by atoms with E-state index in [1.807, 2.05) is 0 Å². The average molecular weight is 983 g/mol. The summed E-state index contributed by atoms with van der Waals surface area (Å²) in [6.07, 6.45) is 0.654. The van der Waals surface area contributed by atoms with Gasteiger partial charge in [0, 0.05) is 26.1 Å². The monoisotopic (exact) mass is 983 g/mol. The van der Waals surface area contributed by atoms with Gasteiger partial charge in [-0.25, -0.2) is 4.79 Å². The molecule has 0 spiro atoms. The average Bonchev–Trinajstić information content (AvgIpc) is 3.78. The maximum atomic E-state index is 13.9. The second-order valence-corrected chi connectivity index (χ2v) is 17.0. The van der Waals surface area contributed by atoms with Gasteiger partial charge in [-0.1, -0.05) is 34.1 Å². The van der Waals surface area contributed by atoms with E-state index in [9.17, 15) is 58.2 Å². The fourth-order valence-corrected chi connectivity index (χ4v) is 6.85. The first-order valence-corrected chi connectivity index (χ1v) is 22.7. The van der Waals surface area contributed by atoms with Crippen LogP contribution in [0.25, 0.3) is 0 Å². The normalized spacial score (nSPS) is 16.6. The predicted octanol–water partition coefficient (Wildman–Crippen LogP) is -6.50. The Labute approximate surface area is 400 Å². The molecule has 69 heavy (non-hydrogen) atoms. The molecule has 1 rings (SSSR count). The second-order valence-electron chi connectivity index (χ2n) is 17.0. The Bertz CT molecular complexity index is 1860. The van der Waals surface area contributed by atoms with Crippen LogP contribution in [0.5, 0.6) is 0 Å². The van der Waals surface area contributed by atoms with Crippen LogP contribution in [0.2, 0.25) is 0 Å². The molecule has 0 saturated carbocycles. The highest BCUT2D eigenvalue weighted by molar-refractivity contribution is 5.98. The molecular formula is C41H74N16O12. The number of rotatable bonds is 31. The van der Waals surface area contributed by atoms with Gasteiger partial charge in [-0.3, -0.25) is 53.1 Å². The van der Waals surface area contributed by atoms with Gasteiger partial charge in [-0.15, -0.1) is 0 Å². The van der Waals surface area contributed by atoms with Crippen LogP contribution in [0.3, 0.4) is 0 Å². The van der Waals surface area contributed by atoms with Crippen LogP contribution in [0.15, 0.2) is 9.98 Å². The molecule has 0 radical (unpaired) electrons. The topological polar surface area (TPSA) is 479 Å². The van der Waals surface area contributed by atoms with Crippen molar-refractivity contribution in [3.63, 3.8) is 0 Å². The Kier molecular flexibility index (Phi) is 26.6. The molecule has 0 aromatic heterocycles. The van der Waals surface area contributed by atoms with Crippen molar-refractivity contribution in [2.45, 2.75) is 141 Å². The molecule has 390 valence electrons. The SMILES string of the molecule is CC[C@H](C)[C@H](NC(=O)[C@H](CCCN=C(N)N)NC(=O)[C@H](CCC(N)=O)NC(=O)[C@H](C)N)C(=O)NCC(=O)N[C@H](C(=O)N1CCC[C@H]1C(=O)N[C@@H](CO)C(=O)N[C@@H](CCCN=C(N)N)C(=O)O)C(C)C. The van der Waals surface area contributed by atoms with Gasteiger partial charge in [0.1, 0.15) is 42.3 Å². The number of nitrogens with one attached hydrogen (secondary N) is 7. The molecule has 28 nitrogen and oxygen atoms in total. The number of likely N-dealkylation sites (tertiary alicyclic amines) is 1. The number of hydrogen-bond acceptors (Lipinski definition) is 14. The van der Waals surface area contributed by atoms with Gasteiger partial charge in [0.15, 0.2) is 11.9 Å². The summed E-state index contributed by atoms with van der Waals surface area (Å²) >= 11 is 0. The highest BCUT2D eigenvalue weighted by atomic mass is 16.4. The lowest BCUT2D eigenvalue weighted by Crippen LogP contribution is -2.60. The van der Waals surface area contributed by atoms with E-state index in [1.165, 1.54) is 11.8 Å².